The van der Waals surface area contributed by atoms with Crippen LogP contribution in [0.4, 0.5) is 0 Å². The van der Waals surface area contributed by atoms with E-state index in [0.717, 1.165) is 16.7 Å². The number of rotatable bonds is 9. The molecule has 1 atom stereocenters. The highest BCUT2D eigenvalue weighted by atomic mass is 16.5. The summed E-state index contributed by atoms with van der Waals surface area (Å²) >= 11 is 0. The summed E-state index contributed by atoms with van der Waals surface area (Å²) in [6, 6.07) is 15.3. The number of hydrogen-bond acceptors (Lipinski definition) is 3. The van der Waals surface area contributed by atoms with Crippen molar-refractivity contribution in [3.05, 3.63) is 65.2 Å². The molecule has 0 aliphatic rings. The fraction of sp³-hybridized carbons (Fsp3) is 0.462. The van der Waals surface area contributed by atoms with Crippen molar-refractivity contribution in [3.8, 4) is 5.75 Å². The molecule has 0 bridgehead atoms. The van der Waals surface area contributed by atoms with Crippen molar-refractivity contribution in [2.45, 2.75) is 66.0 Å². The Bertz CT molecular complexity index is 869. The van der Waals surface area contributed by atoms with Gasteiger partial charge in [0.05, 0.1) is 0 Å². The molecule has 31 heavy (non-hydrogen) atoms. The summed E-state index contributed by atoms with van der Waals surface area (Å²) in [5, 5.41) is 2.86. The predicted molar refractivity (Wildman–Crippen MR) is 125 cm³/mol. The van der Waals surface area contributed by atoms with Gasteiger partial charge in [-0.2, -0.15) is 0 Å². The number of carbonyl (C=O) groups is 2. The number of likely N-dealkylation sites (N-methyl/N-ethyl adjacent to an activating group) is 1. The molecule has 2 aromatic carbocycles. The van der Waals surface area contributed by atoms with Gasteiger partial charge in [0.2, 0.25) is 5.91 Å². The summed E-state index contributed by atoms with van der Waals surface area (Å²) in [6.45, 7) is 12.9. The van der Waals surface area contributed by atoms with Crippen LogP contribution in [0.25, 0.3) is 0 Å². The van der Waals surface area contributed by atoms with Gasteiger partial charge in [-0.3, -0.25) is 9.59 Å². The van der Waals surface area contributed by atoms with Crippen molar-refractivity contribution in [2.24, 2.45) is 0 Å². The zero-order valence-corrected chi connectivity index (χ0v) is 19.7. The smallest absolute Gasteiger partial charge is 0.261 e. The molecule has 5 nitrogen and oxygen atoms in total. The first-order valence-electron chi connectivity index (χ1n) is 11.0. The Morgan fingerprint density at radius 3 is 2.26 bits per heavy atom. The number of hydrogen-bond donors (Lipinski definition) is 1. The highest BCUT2D eigenvalue weighted by Crippen LogP contribution is 2.31. The van der Waals surface area contributed by atoms with Crippen molar-refractivity contribution < 1.29 is 14.3 Å². The summed E-state index contributed by atoms with van der Waals surface area (Å²) in [4.78, 5) is 27.6. The van der Waals surface area contributed by atoms with Gasteiger partial charge in [0.1, 0.15) is 11.8 Å². The Morgan fingerprint density at radius 2 is 1.68 bits per heavy atom. The van der Waals surface area contributed by atoms with Crippen molar-refractivity contribution in [1.29, 1.82) is 0 Å². The lowest BCUT2D eigenvalue weighted by molar-refractivity contribution is -0.142. The van der Waals surface area contributed by atoms with Crippen LogP contribution in [0.1, 0.15) is 57.7 Å². The normalized spacial score (nSPS) is 12.2. The van der Waals surface area contributed by atoms with E-state index in [1.807, 2.05) is 69.3 Å². The van der Waals surface area contributed by atoms with Gasteiger partial charge in [0.25, 0.3) is 5.91 Å². The van der Waals surface area contributed by atoms with Gasteiger partial charge in [-0.05, 0) is 42.9 Å². The van der Waals surface area contributed by atoms with Crippen LogP contribution in [-0.2, 0) is 21.5 Å². The van der Waals surface area contributed by atoms with E-state index in [1.165, 1.54) is 0 Å². The minimum Gasteiger partial charge on any atom is -0.483 e. The molecule has 2 aromatic rings. The number of nitrogens with one attached hydrogen (secondary N) is 1. The van der Waals surface area contributed by atoms with Gasteiger partial charge in [-0.15, -0.1) is 0 Å². The first-order chi connectivity index (χ1) is 14.7. The van der Waals surface area contributed by atoms with Crippen LogP contribution in [-0.4, -0.2) is 35.9 Å². The summed E-state index contributed by atoms with van der Waals surface area (Å²) in [7, 11) is 0. The molecule has 0 radical (unpaired) electrons. The molecule has 0 aliphatic heterocycles. The molecule has 0 unspecified atom stereocenters. The third kappa shape index (κ3) is 6.84. The van der Waals surface area contributed by atoms with Gasteiger partial charge < -0.3 is 15.0 Å². The Kier molecular flexibility index (Phi) is 8.66. The molecule has 0 saturated heterocycles. The maximum absolute atomic E-state index is 13.3. The first-order valence-corrected chi connectivity index (χ1v) is 11.0. The summed E-state index contributed by atoms with van der Waals surface area (Å²) in [5.41, 5.74) is 3.08. The fourth-order valence-corrected chi connectivity index (χ4v) is 3.54. The summed E-state index contributed by atoms with van der Waals surface area (Å²) in [5.74, 6) is 0.354. The Balaban J connectivity index is 2.25. The molecule has 0 saturated carbocycles. The van der Waals surface area contributed by atoms with Gasteiger partial charge in [-0.1, -0.05) is 75.7 Å². The molecule has 2 rings (SSSR count). The number of para-hydroxylation sites is 1. The van der Waals surface area contributed by atoms with E-state index in [-0.39, 0.29) is 23.8 Å². The van der Waals surface area contributed by atoms with Crippen LogP contribution < -0.4 is 10.1 Å². The van der Waals surface area contributed by atoms with Gasteiger partial charge in [-0.25, -0.2) is 0 Å². The average Bonchev–Trinajstić information content (AvgIpc) is 2.73. The second kappa shape index (κ2) is 11.0. The number of benzene rings is 2. The SMILES string of the molecule is CCNC(=O)[C@H](CC)N(Cc1ccc(C)cc1)C(=O)COc1ccccc1C(C)(C)C. The monoisotopic (exact) mass is 424 g/mol. The van der Waals surface area contributed by atoms with Crippen LogP contribution in [0.3, 0.4) is 0 Å². The second-order valence-corrected chi connectivity index (χ2v) is 8.86. The lowest BCUT2D eigenvalue weighted by Gasteiger charge is -2.31. The maximum Gasteiger partial charge on any atom is 0.261 e. The molecule has 5 heteroatoms. The largest absolute Gasteiger partial charge is 0.483 e. The molecule has 2 amide bonds. The lowest BCUT2D eigenvalue weighted by Crippen LogP contribution is -2.50. The zero-order chi connectivity index (χ0) is 23.0. The van der Waals surface area contributed by atoms with Gasteiger partial charge in [0, 0.05) is 13.1 Å². The molecule has 0 aliphatic carbocycles. The van der Waals surface area contributed by atoms with E-state index in [0.29, 0.717) is 25.3 Å². The van der Waals surface area contributed by atoms with E-state index in [2.05, 4.69) is 26.1 Å². The molecular weight excluding hydrogens is 388 g/mol. The van der Waals surface area contributed by atoms with Crippen molar-refractivity contribution in [1.82, 2.24) is 10.2 Å². The second-order valence-electron chi connectivity index (χ2n) is 8.86. The number of carbonyl (C=O) groups excluding carboxylic acids is 2. The van der Waals surface area contributed by atoms with Crippen LogP contribution in [0.15, 0.2) is 48.5 Å². The Morgan fingerprint density at radius 1 is 1.03 bits per heavy atom. The minimum absolute atomic E-state index is 0.103. The quantitative estimate of drug-likeness (QED) is 0.639. The summed E-state index contributed by atoms with van der Waals surface area (Å²) in [6.07, 6.45) is 0.530. The number of ether oxygens (including phenoxy) is 1. The molecule has 0 aromatic heterocycles. The Labute approximate surface area is 186 Å². The number of amides is 2. The van der Waals surface area contributed by atoms with E-state index < -0.39 is 6.04 Å². The maximum atomic E-state index is 13.3. The van der Waals surface area contributed by atoms with E-state index in [9.17, 15) is 9.59 Å². The fourth-order valence-electron chi connectivity index (χ4n) is 3.54. The average molecular weight is 425 g/mol. The van der Waals surface area contributed by atoms with Crippen molar-refractivity contribution in [3.63, 3.8) is 0 Å². The number of nitrogens with zero attached hydrogens (tertiary/aromatic N) is 1. The first kappa shape index (κ1) is 24.4. The van der Waals surface area contributed by atoms with Crippen LogP contribution >= 0.6 is 0 Å². The van der Waals surface area contributed by atoms with E-state index >= 15 is 0 Å². The standard InChI is InChI=1S/C26H36N2O3/c1-7-22(25(30)27-8-2)28(17-20-15-13-19(3)14-16-20)24(29)18-31-23-12-10-9-11-21(23)26(4,5)6/h9-16,22H,7-8,17-18H2,1-6H3,(H,27,30)/t22-/m0/s1. The Hall–Kier alpha value is -2.82. The number of aryl methyl sites for hydroxylation is 1. The summed E-state index contributed by atoms with van der Waals surface area (Å²) < 4.78 is 5.97. The molecular formula is C26H36N2O3. The molecule has 168 valence electrons. The van der Waals surface area contributed by atoms with Crippen molar-refractivity contribution in [2.75, 3.05) is 13.2 Å². The zero-order valence-electron chi connectivity index (χ0n) is 19.7. The molecule has 0 heterocycles. The predicted octanol–water partition coefficient (Wildman–Crippen LogP) is 4.61. The van der Waals surface area contributed by atoms with Crippen LogP contribution in [0.2, 0.25) is 0 Å². The highest BCUT2D eigenvalue weighted by Gasteiger charge is 2.29. The van der Waals surface area contributed by atoms with Crippen LogP contribution in [0.5, 0.6) is 5.75 Å². The van der Waals surface area contributed by atoms with E-state index in [1.54, 1.807) is 4.90 Å². The van der Waals surface area contributed by atoms with Gasteiger partial charge in [0.15, 0.2) is 6.61 Å². The minimum atomic E-state index is -0.546. The highest BCUT2D eigenvalue weighted by molar-refractivity contribution is 5.88. The van der Waals surface area contributed by atoms with E-state index in [4.69, 9.17) is 4.74 Å². The molecule has 0 spiro atoms. The third-order valence-electron chi connectivity index (χ3n) is 5.26. The van der Waals surface area contributed by atoms with Crippen molar-refractivity contribution >= 4 is 11.8 Å². The molecule has 1 N–H and O–H groups in total. The molecule has 0 fully saturated rings. The van der Waals surface area contributed by atoms with Crippen LogP contribution in [0, 0.1) is 6.92 Å². The lowest BCUT2D eigenvalue weighted by atomic mass is 9.86. The van der Waals surface area contributed by atoms with Gasteiger partial charge >= 0.3 is 0 Å². The topological polar surface area (TPSA) is 58.6 Å². The third-order valence-corrected chi connectivity index (χ3v) is 5.26.